The number of ether oxygens (including phenoxy) is 1. The predicted molar refractivity (Wildman–Crippen MR) is 71.7 cm³/mol. The minimum atomic E-state index is -1.05. The first-order valence-corrected chi connectivity index (χ1v) is 5.76. The van der Waals surface area contributed by atoms with Crippen LogP contribution in [0, 0.1) is 10.1 Å². The van der Waals surface area contributed by atoms with Crippen molar-refractivity contribution in [3.63, 3.8) is 0 Å². The van der Waals surface area contributed by atoms with Crippen LogP contribution in [0.15, 0.2) is 48.5 Å². The summed E-state index contributed by atoms with van der Waals surface area (Å²) < 4.78 is 5.01. The smallest absolute Gasteiger partial charge is 0.341 e. The third kappa shape index (κ3) is 3.32. The number of carboxylic acids is 1. The molecule has 0 fully saturated rings. The van der Waals surface area contributed by atoms with Gasteiger partial charge in [-0.05, 0) is 23.3 Å². The standard InChI is InChI=1S/C14H11NO5/c16-14(17)9-20-13-6-4-10(5-7-13)11-2-1-3-12(8-11)15(18)19/h1-8H,9H2,(H,16,17). The quantitative estimate of drug-likeness (QED) is 0.668. The summed E-state index contributed by atoms with van der Waals surface area (Å²) >= 11 is 0. The molecule has 0 aliphatic heterocycles. The van der Waals surface area contributed by atoms with E-state index in [1.165, 1.54) is 12.1 Å². The van der Waals surface area contributed by atoms with E-state index in [1.807, 2.05) is 0 Å². The Kier molecular flexibility index (Phi) is 3.95. The van der Waals surface area contributed by atoms with Gasteiger partial charge in [-0.1, -0.05) is 24.3 Å². The summed E-state index contributed by atoms with van der Waals surface area (Å²) in [6, 6.07) is 13.0. The molecule has 0 heterocycles. The van der Waals surface area contributed by atoms with Gasteiger partial charge in [0.25, 0.3) is 5.69 Å². The monoisotopic (exact) mass is 273 g/mol. The van der Waals surface area contributed by atoms with Gasteiger partial charge in [-0.2, -0.15) is 0 Å². The van der Waals surface area contributed by atoms with E-state index in [0.29, 0.717) is 11.3 Å². The van der Waals surface area contributed by atoms with Crippen molar-refractivity contribution in [2.75, 3.05) is 6.61 Å². The highest BCUT2D eigenvalue weighted by Gasteiger charge is 2.07. The first-order chi connectivity index (χ1) is 9.56. The number of rotatable bonds is 5. The van der Waals surface area contributed by atoms with Crippen molar-refractivity contribution in [1.82, 2.24) is 0 Å². The molecule has 0 aliphatic rings. The average Bonchev–Trinajstić information content (AvgIpc) is 2.46. The van der Waals surface area contributed by atoms with Crippen molar-refractivity contribution in [1.29, 1.82) is 0 Å². The molecular weight excluding hydrogens is 262 g/mol. The van der Waals surface area contributed by atoms with Crippen LogP contribution >= 0.6 is 0 Å². The summed E-state index contributed by atoms with van der Waals surface area (Å²) in [5, 5.41) is 19.2. The van der Waals surface area contributed by atoms with E-state index in [9.17, 15) is 14.9 Å². The lowest BCUT2D eigenvalue weighted by atomic mass is 10.1. The van der Waals surface area contributed by atoms with E-state index in [-0.39, 0.29) is 5.69 Å². The number of hydrogen-bond donors (Lipinski definition) is 1. The topological polar surface area (TPSA) is 89.7 Å². The molecule has 6 nitrogen and oxygen atoms in total. The molecule has 102 valence electrons. The van der Waals surface area contributed by atoms with E-state index in [2.05, 4.69) is 0 Å². The molecule has 0 aliphatic carbocycles. The lowest BCUT2D eigenvalue weighted by Crippen LogP contribution is -2.09. The lowest BCUT2D eigenvalue weighted by molar-refractivity contribution is -0.384. The molecule has 2 aromatic carbocycles. The maximum absolute atomic E-state index is 10.7. The van der Waals surface area contributed by atoms with Gasteiger partial charge in [0.05, 0.1) is 4.92 Å². The van der Waals surface area contributed by atoms with Crippen LogP contribution in [0.25, 0.3) is 11.1 Å². The Hall–Kier alpha value is -2.89. The average molecular weight is 273 g/mol. The Morgan fingerprint density at radius 3 is 2.45 bits per heavy atom. The second-order valence-corrected chi connectivity index (χ2v) is 4.01. The van der Waals surface area contributed by atoms with Crippen LogP contribution in [0.5, 0.6) is 5.75 Å². The zero-order valence-corrected chi connectivity index (χ0v) is 10.4. The largest absolute Gasteiger partial charge is 0.482 e. The normalized spacial score (nSPS) is 10.0. The molecule has 2 rings (SSSR count). The molecule has 0 radical (unpaired) electrons. The first-order valence-electron chi connectivity index (χ1n) is 5.76. The molecular formula is C14H11NO5. The van der Waals surface area contributed by atoms with Crippen molar-refractivity contribution in [3.05, 3.63) is 58.6 Å². The molecule has 0 saturated carbocycles. The molecule has 0 unspecified atom stereocenters. The zero-order chi connectivity index (χ0) is 14.5. The molecule has 0 saturated heterocycles. The Balaban J connectivity index is 2.19. The van der Waals surface area contributed by atoms with Gasteiger partial charge in [0.1, 0.15) is 5.75 Å². The molecule has 0 amide bonds. The zero-order valence-electron chi connectivity index (χ0n) is 10.4. The Morgan fingerprint density at radius 2 is 1.85 bits per heavy atom. The number of benzene rings is 2. The van der Waals surface area contributed by atoms with Gasteiger partial charge in [-0.3, -0.25) is 10.1 Å². The van der Waals surface area contributed by atoms with E-state index < -0.39 is 17.5 Å². The first kappa shape index (κ1) is 13.5. The number of nitrogens with zero attached hydrogens (tertiary/aromatic N) is 1. The van der Waals surface area contributed by atoms with Crippen LogP contribution in [0.4, 0.5) is 5.69 Å². The Labute approximate surface area is 114 Å². The maximum atomic E-state index is 10.7. The van der Waals surface area contributed by atoms with Gasteiger partial charge in [0.2, 0.25) is 0 Å². The fraction of sp³-hybridized carbons (Fsp3) is 0.0714. The summed E-state index contributed by atoms with van der Waals surface area (Å²) in [5.74, 6) is -0.616. The van der Waals surface area contributed by atoms with Crippen LogP contribution in [-0.2, 0) is 4.79 Å². The number of carbonyl (C=O) groups is 1. The van der Waals surface area contributed by atoms with Crippen molar-refractivity contribution in [3.8, 4) is 16.9 Å². The molecule has 6 heteroatoms. The van der Waals surface area contributed by atoms with E-state index in [4.69, 9.17) is 9.84 Å². The highest BCUT2D eigenvalue weighted by Crippen LogP contribution is 2.25. The molecule has 0 atom stereocenters. The molecule has 0 aromatic heterocycles. The van der Waals surface area contributed by atoms with Gasteiger partial charge in [-0.25, -0.2) is 4.79 Å². The second kappa shape index (κ2) is 5.83. The van der Waals surface area contributed by atoms with Crippen molar-refractivity contribution >= 4 is 11.7 Å². The van der Waals surface area contributed by atoms with Gasteiger partial charge in [0.15, 0.2) is 6.61 Å². The summed E-state index contributed by atoms with van der Waals surface area (Å²) in [5.41, 5.74) is 1.52. The van der Waals surface area contributed by atoms with Crippen LogP contribution in [-0.4, -0.2) is 22.6 Å². The maximum Gasteiger partial charge on any atom is 0.341 e. The summed E-state index contributed by atoms with van der Waals surface area (Å²) in [6.07, 6.45) is 0. The summed E-state index contributed by atoms with van der Waals surface area (Å²) in [4.78, 5) is 20.6. The van der Waals surface area contributed by atoms with Crippen LogP contribution < -0.4 is 4.74 Å². The van der Waals surface area contributed by atoms with E-state index in [0.717, 1.165) is 5.56 Å². The number of nitro groups is 1. The Morgan fingerprint density at radius 1 is 1.15 bits per heavy atom. The van der Waals surface area contributed by atoms with Gasteiger partial charge >= 0.3 is 5.97 Å². The van der Waals surface area contributed by atoms with Gasteiger partial charge in [0, 0.05) is 12.1 Å². The molecule has 1 N–H and O–H groups in total. The van der Waals surface area contributed by atoms with Crippen molar-refractivity contribution < 1.29 is 19.6 Å². The minimum absolute atomic E-state index is 0.0219. The van der Waals surface area contributed by atoms with Crippen molar-refractivity contribution in [2.24, 2.45) is 0 Å². The van der Waals surface area contributed by atoms with Crippen LogP contribution in [0.2, 0.25) is 0 Å². The lowest BCUT2D eigenvalue weighted by Gasteiger charge is -2.05. The second-order valence-electron chi connectivity index (χ2n) is 4.01. The number of non-ortho nitro benzene ring substituents is 1. The fourth-order valence-corrected chi connectivity index (χ4v) is 1.69. The number of nitro benzene ring substituents is 1. The summed E-state index contributed by atoms with van der Waals surface area (Å²) in [7, 11) is 0. The SMILES string of the molecule is O=C(O)COc1ccc(-c2cccc([N+](=O)[O-])c2)cc1. The highest BCUT2D eigenvalue weighted by molar-refractivity contribution is 5.69. The van der Waals surface area contributed by atoms with Crippen molar-refractivity contribution in [2.45, 2.75) is 0 Å². The molecule has 20 heavy (non-hydrogen) atoms. The minimum Gasteiger partial charge on any atom is -0.482 e. The third-order valence-electron chi connectivity index (χ3n) is 2.61. The molecule has 0 spiro atoms. The van der Waals surface area contributed by atoms with Crippen LogP contribution in [0.1, 0.15) is 0 Å². The number of aliphatic carboxylic acids is 1. The fourth-order valence-electron chi connectivity index (χ4n) is 1.69. The third-order valence-corrected chi connectivity index (χ3v) is 2.61. The highest BCUT2D eigenvalue weighted by atomic mass is 16.6. The molecule has 2 aromatic rings. The van der Waals surface area contributed by atoms with E-state index in [1.54, 1.807) is 36.4 Å². The molecule has 0 bridgehead atoms. The van der Waals surface area contributed by atoms with Crippen LogP contribution in [0.3, 0.4) is 0 Å². The number of carboxylic acid groups (broad SMARTS) is 1. The Bertz CT molecular complexity index is 636. The number of hydrogen-bond acceptors (Lipinski definition) is 4. The summed E-state index contributed by atoms with van der Waals surface area (Å²) in [6.45, 7) is -0.407. The van der Waals surface area contributed by atoms with Gasteiger partial charge < -0.3 is 9.84 Å². The van der Waals surface area contributed by atoms with E-state index >= 15 is 0 Å². The van der Waals surface area contributed by atoms with Gasteiger partial charge in [-0.15, -0.1) is 0 Å². The predicted octanol–water partition coefficient (Wildman–Crippen LogP) is 2.73.